The van der Waals surface area contributed by atoms with E-state index in [9.17, 15) is 26.4 Å². The summed E-state index contributed by atoms with van der Waals surface area (Å²) in [5, 5.41) is 4.80. The average molecular weight is 521 g/mol. The number of alkyl halides is 3. The molecule has 10 nitrogen and oxygen atoms in total. The summed E-state index contributed by atoms with van der Waals surface area (Å²) in [4.78, 5) is 14.8. The molecular formula is C18H35F3N4O6SSi. The average Bonchev–Trinajstić information content (AvgIpc) is 2.53. The van der Waals surface area contributed by atoms with Gasteiger partial charge >= 0.3 is 12.3 Å². The van der Waals surface area contributed by atoms with Crippen molar-refractivity contribution in [3.63, 3.8) is 0 Å². The summed E-state index contributed by atoms with van der Waals surface area (Å²) in [6.07, 6.45) is -7.09. The monoisotopic (exact) mass is 520 g/mol. The lowest BCUT2D eigenvalue weighted by atomic mass is 9.96. The van der Waals surface area contributed by atoms with Crippen LogP contribution in [0.1, 0.15) is 41.5 Å². The van der Waals surface area contributed by atoms with E-state index in [1.165, 1.54) is 0 Å². The first-order valence-electron chi connectivity index (χ1n) is 10.1. The van der Waals surface area contributed by atoms with Crippen LogP contribution in [0.4, 0.5) is 18.0 Å². The van der Waals surface area contributed by atoms with Crippen LogP contribution in [0, 0.1) is 5.92 Å². The highest BCUT2D eigenvalue weighted by atomic mass is 32.2. The van der Waals surface area contributed by atoms with Crippen LogP contribution in [0.25, 0.3) is 10.4 Å². The summed E-state index contributed by atoms with van der Waals surface area (Å²) in [6, 6.07) is -1.59. The quantitative estimate of drug-likeness (QED) is 0.145. The second kappa shape index (κ2) is 11.3. The lowest BCUT2D eigenvalue weighted by Gasteiger charge is -2.44. The fourth-order valence-corrected chi connectivity index (χ4v) is 4.11. The normalized spacial score (nSPS) is 16.4. The lowest BCUT2D eigenvalue weighted by molar-refractivity contribution is -0.198. The van der Waals surface area contributed by atoms with Gasteiger partial charge in [0.25, 0.3) is 10.1 Å². The summed E-state index contributed by atoms with van der Waals surface area (Å²) >= 11 is 0. The molecule has 3 atom stereocenters. The molecule has 0 saturated carbocycles. The van der Waals surface area contributed by atoms with Crippen LogP contribution in [0.15, 0.2) is 5.11 Å². The largest absolute Gasteiger partial charge is 0.444 e. The molecule has 0 bridgehead atoms. The summed E-state index contributed by atoms with van der Waals surface area (Å²) < 4.78 is 81.2. The third-order valence-electron chi connectivity index (χ3n) is 4.96. The number of hydrogen-bond donors (Lipinski definition) is 1. The maximum absolute atomic E-state index is 14.1. The SMILES string of the molecule is CC(C)(C)OC(=O)N[C@H](COS(C)(=O)=O)[C@H](O[Si](C)(C)C(C)(C)C)[C@H](CN=[N+]=[N-])C(F)(F)F. The molecule has 0 aromatic heterocycles. The van der Waals surface area contributed by atoms with E-state index in [-0.39, 0.29) is 0 Å². The maximum Gasteiger partial charge on any atom is 0.408 e. The van der Waals surface area contributed by atoms with E-state index in [0.29, 0.717) is 0 Å². The summed E-state index contributed by atoms with van der Waals surface area (Å²) in [5.41, 5.74) is 7.64. The molecule has 0 heterocycles. The zero-order valence-corrected chi connectivity index (χ0v) is 22.3. The zero-order chi connectivity index (χ0) is 26.5. The fourth-order valence-electron chi connectivity index (χ4n) is 2.35. The maximum atomic E-state index is 14.1. The van der Waals surface area contributed by atoms with Gasteiger partial charge in [0.05, 0.1) is 30.9 Å². The molecule has 0 rings (SSSR count). The Morgan fingerprint density at radius 3 is 2.03 bits per heavy atom. The Hall–Kier alpha value is -1.54. The molecule has 0 aromatic carbocycles. The van der Waals surface area contributed by atoms with Crippen molar-refractivity contribution in [2.24, 2.45) is 11.0 Å². The highest BCUT2D eigenvalue weighted by molar-refractivity contribution is 7.85. The molecule has 0 aromatic rings. The highest BCUT2D eigenvalue weighted by Crippen LogP contribution is 2.41. The van der Waals surface area contributed by atoms with Crippen LogP contribution in [0.3, 0.4) is 0 Å². The second-order valence-corrected chi connectivity index (χ2v) is 16.5. The first-order valence-corrected chi connectivity index (χ1v) is 14.8. The number of alkyl carbamates (subject to hydrolysis) is 1. The molecule has 0 radical (unpaired) electrons. The number of amides is 1. The number of nitrogens with one attached hydrogen (secondary N) is 1. The third-order valence-corrected chi connectivity index (χ3v) is 9.99. The number of ether oxygens (including phenoxy) is 1. The molecule has 33 heavy (non-hydrogen) atoms. The smallest absolute Gasteiger partial charge is 0.408 e. The number of azide groups is 1. The van der Waals surface area contributed by atoms with E-state index >= 15 is 0 Å². The van der Waals surface area contributed by atoms with Crippen LogP contribution in [0.2, 0.25) is 18.1 Å². The van der Waals surface area contributed by atoms with Crippen LogP contribution in [0.5, 0.6) is 0 Å². The first kappa shape index (κ1) is 31.5. The van der Waals surface area contributed by atoms with E-state index in [1.54, 1.807) is 54.6 Å². The third kappa shape index (κ3) is 11.9. The van der Waals surface area contributed by atoms with Crippen molar-refractivity contribution in [3.05, 3.63) is 10.4 Å². The van der Waals surface area contributed by atoms with Gasteiger partial charge in [-0.15, -0.1) is 0 Å². The first-order chi connectivity index (χ1) is 14.5. The van der Waals surface area contributed by atoms with Crippen LogP contribution in [-0.4, -0.2) is 66.2 Å². The molecule has 1 N–H and O–H groups in total. The molecule has 0 aliphatic carbocycles. The zero-order valence-electron chi connectivity index (χ0n) is 20.5. The number of hydrogen-bond acceptors (Lipinski definition) is 7. The molecular weight excluding hydrogens is 485 g/mol. The minimum atomic E-state index is -4.90. The van der Waals surface area contributed by atoms with E-state index in [1.807, 2.05) is 0 Å². The molecule has 0 saturated heterocycles. The van der Waals surface area contributed by atoms with Gasteiger partial charge in [-0.1, -0.05) is 25.9 Å². The molecule has 0 fully saturated rings. The van der Waals surface area contributed by atoms with Gasteiger partial charge in [0.15, 0.2) is 8.32 Å². The fraction of sp³-hybridized carbons (Fsp3) is 0.944. The van der Waals surface area contributed by atoms with Gasteiger partial charge in [-0.2, -0.15) is 21.6 Å². The standard InChI is InChI=1S/C18H35F3N4O6SSi/c1-16(2,3)30-15(26)24-13(11-29-32(7,27)28)14(31-33(8,9)17(4,5)6)12(10-23-25-22)18(19,20)21/h12-14H,10-11H2,1-9H3,(H,24,26)/t12-,13+,14+/m0/s1. The Morgan fingerprint density at radius 2 is 1.67 bits per heavy atom. The Bertz CT molecular complexity index is 819. The van der Waals surface area contributed by atoms with Crippen molar-refractivity contribution in [2.45, 2.75) is 83.6 Å². The van der Waals surface area contributed by atoms with Gasteiger partial charge in [-0.05, 0) is 44.4 Å². The number of carbonyl (C=O) groups excluding carboxylic acids is 1. The van der Waals surface area contributed by atoms with Gasteiger partial charge in [0, 0.05) is 11.5 Å². The van der Waals surface area contributed by atoms with Gasteiger partial charge in [-0.25, -0.2) is 4.79 Å². The number of rotatable bonds is 10. The van der Waals surface area contributed by atoms with E-state index in [2.05, 4.69) is 15.3 Å². The van der Waals surface area contributed by atoms with Crippen molar-refractivity contribution in [3.8, 4) is 0 Å². The molecule has 0 spiro atoms. The summed E-state index contributed by atoms with van der Waals surface area (Å²) in [6.45, 7) is 11.6. The molecule has 15 heteroatoms. The molecule has 0 aliphatic heterocycles. The van der Waals surface area contributed by atoms with Crippen molar-refractivity contribution in [1.82, 2.24) is 5.32 Å². The van der Waals surface area contributed by atoms with E-state index < -0.39 is 72.6 Å². The molecule has 1 amide bonds. The van der Waals surface area contributed by atoms with Crippen LogP contribution < -0.4 is 5.32 Å². The molecule has 194 valence electrons. The number of nitrogens with zero attached hydrogens (tertiary/aromatic N) is 3. The molecule has 0 unspecified atom stereocenters. The summed E-state index contributed by atoms with van der Waals surface area (Å²) in [7, 11) is -6.99. The Kier molecular flexibility index (Phi) is 10.7. The highest BCUT2D eigenvalue weighted by Gasteiger charge is 2.51. The predicted octanol–water partition coefficient (Wildman–Crippen LogP) is 4.74. The van der Waals surface area contributed by atoms with Gasteiger partial charge in [-0.3, -0.25) is 4.18 Å². The molecule has 0 aliphatic rings. The second-order valence-electron chi connectivity index (χ2n) is 10.1. The van der Waals surface area contributed by atoms with Gasteiger partial charge in [0.2, 0.25) is 0 Å². The number of carbonyl (C=O) groups is 1. The van der Waals surface area contributed by atoms with Crippen molar-refractivity contribution in [1.29, 1.82) is 0 Å². The summed E-state index contributed by atoms with van der Waals surface area (Å²) in [5.74, 6) is -2.36. The number of halogens is 3. The lowest BCUT2D eigenvalue weighted by Crippen LogP contribution is -2.59. The van der Waals surface area contributed by atoms with Gasteiger partial charge in [0.1, 0.15) is 5.60 Å². The van der Waals surface area contributed by atoms with E-state index in [0.717, 1.165) is 6.26 Å². The van der Waals surface area contributed by atoms with Crippen molar-refractivity contribution < 1.29 is 39.7 Å². The van der Waals surface area contributed by atoms with Crippen molar-refractivity contribution in [2.75, 3.05) is 19.4 Å². The predicted molar refractivity (Wildman–Crippen MR) is 120 cm³/mol. The Balaban J connectivity index is 6.54. The van der Waals surface area contributed by atoms with E-state index in [4.69, 9.17) is 18.9 Å². The minimum absolute atomic E-state index is 0.534. The topological polar surface area (TPSA) is 140 Å². The van der Waals surface area contributed by atoms with Crippen LogP contribution in [-0.2, 0) is 23.5 Å². The van der Waals surface area contributed by atoms with Gasteiger partial charge < -0.3 is 14.5 Å². The van der Waals surface area contributed by atoms with Crippen LogP contribution >= 0.6 is 0 Å². The Morgan fingerprint density at radius 1 is 1.15 bits per heavy atom. The Labute approximate surface area is 194 Å². The minimum Gasteiger partial charge on any atom is -0.444 e. The van der Waals surface area contributed by atoms with Crippen molar-refractivity contribution >= 4 is 24.5 Å².